The molecule has 2 rings (SSSR count). The monoisotopic (exact) mass is 253 g/mol. The Morgan fingerprint density at radius 2 is 2.29 bits per heavy atom. The first kappa shape index (κ1) is 12.1. The van der Waals surface area contributed by atoms with Crippen molar-refractivity contribution in [2.45, 2.75) is 5.92 Å². The van der Waals surface area contributed by atoms with Crippen molar-refractivity contribution in [3.05, 3.63) is 52.8 Å². The van der Waals surface area contributed by atoms with E-state index >= 15 is 0 Å². The topological polar surface area (TPSA) is 43.8 Å². The molecule has 0 saturated heterocycles. The summed E-state index contributed by atoms with van der Waals surface area (Å²) in [4.78, 5) is 4.26. The number of halogens is 2. The lowest BCUT2D eigenvalue weighted by Crippen LogP contribution is -2.17. The summed E-state index contributed by atoms with van der Waals surface area (Å²) in [6.07, 6.45) is 3.56. The van der Waals surface area contributed by atoms with Gasteiger partial charge in [-0.05, 0) is 17.7 Å². The number of aromatic nitrogens is 2. The number of imidazole rings is 1. The zero-order chi connectivity index (χ0) is 12.4. The van der Waals surface area contributed by atoms with Gasteiger partial charge in [0.15, 0.2) is 0 Å². The van der Waals surface area contributed by atoms with Crippen molar-refractivity contribution in [1.29, 1.82) is 0 Å². The van der Waals surface area contributed by atoms with Crippen LogP contribution in [-0.2, 0) is 7.05 Å². The van der Waals surface area contributed by atoms with Crippen LogP contribution in [0.25, 0.3) is 0 Å². The fourth-order valence-corrected chi connectivity index (χ4v) is 2.02. The van der Waals surface area contributed by atoms with E-state index in [1.54, 1.807) is 18.3 Å². The first-order valence-electron chi connectivity index (χ1n) is 5.25. The number of hydrogen-bond donors (Lipinski definition) is 1. The Hall–Kier alpha value is -1.39. The van der Waals surface area contributed by atoms with Gasteiger partial charge in [0.2, 0.25) is 0 Å². The third-order valence-corrected chi connectivity index (χ3v) is 3.04. The lowest BCUT2D eigenvalue weighted by molar-refractivity contribution is 0.625. The third kappa shape index (κ3) is 2.33. The lowest BCUT2D eigenvalue weighted by atomic mass is 9.98. The van der Waals surface area contributed by atoms with E-state index in [1.807, 2.05) is 17.8 Å². The molecule has 0 saturated carbocycles. The van der Waals surface area contributed by atoms with Crippen LogP contribution < -0.4 is 5.73 Å². The van der Waals surface area contributed by atoms with Gasteiger partial charge in [-0.2, -0.15) is 0 Å². The van der Waals surface area contributed by atoms with Crippen molar-refractivity contribution in [3.8, 4) is 0 Å². The molecule has 17 heavy (non-hydrogen) atoms. The smallest absolute Gasteiger partial charge is 0.141 e. The Bertz CT molecular complexity index is 524. The van der Waals surface area contributed by atoms with Crippen LogP contribution in [0.1, 0.15) is 17.3 Å². The standard InChI is InChI=1S/C12H13ClFN3/c1-17-5-4-16-12(17)9(7-15)8-2-3-11(14)10(13)6-8/h2-6,9H,7,15H2,1H3. The Morgan fingerprint density at radius 1 is 1.53 bits per heavy atom. The highest BCUT2D eigenvalue weighted by Crippen LogP contribution is 2.25. The molecule has 2 aromatic rings. The predicted molar refractivity (Wildman–Crippen MR) is 65.5 cm³/mol. The van der Waals surface area contributed by atoms with Crippen LogP contribution in [-0.4, -0.2) is 16.1 Å². The molecule has 1 atom stereocenters. The second kappa shape index (κ2) is 4.85. The number of benzene rings is 1. The summed E-state index contributed by atoms with van der Waals surface area (Å²) in [6.45, 7) is 0.396. The number of rotatable bonds is 3. The molecular weight excluding hydrogens is 241 g/mol. The number of aryl methyl sites for hydroxylation is 1. The van der Waals surface area contributed by atoms with Gasteiger partial charge >= 0.3 is 0 Å². The summed E-state index contributed by atoms with van der Waals surface area (Å²) >= 11 is 5.77. The Morgan fingerprint density at radius 3 is 2.82 bits per heavy atom. The first-order valence-corrected chi connectivity index (χ1v) is 5.63. The summed E-state index contributed by atoms with van der Waals surface area (Å²) in [7, 11) is 1.90. The van der Waals surface area contributed by atoms with E-state index in [9.17, 15) is 4.39 Å². The average molecular weight is 254 g/mol. The highest BCUT2D eigenvalue weighted by Gasteiger charge is 2.17. The van der Waals surface area contributed by atoms with Crippen molar-refractivity contribution in [2.75, 3.05) is 6.54 Å². The molecule has 0 aliphatic heterocycles. The second-order valence-electron chi connectivity index (χ2n) is 3.86. The quantitative estimate of drug-likeness (QED) is 0.912. The van der Waals surface area contributed by atoms with E-state index in [1.165, 1.54) is 6.07 Å². The van der Waals surface area contributed by atoms with Gasteiger partial charge in [0.1, 0.15) is 11.6 Å². The van der Waals surface area contributed by atoms with Crippen molar-refractivity contribution in [2.24, 2.45) is 12.8 Å². The van der Waals surface area contributed by atoms with Crippen molar-refractivity contribution in [3.63, 3.8) is 0 Å². The van der Waals surface area contributed by atoms with E-state index in [-0.39, 0.29) is 10.9 Å². The van der Waals surface area contributed by atoms with Gasteiger partial charge in [0.05, 0.1) is 10.9 Å². The van der Waals surface area contributed by atoms with Crippen LogP contribution in [0.2, 0.25) is 5.02 Å². The molecule has 0 aliphatic rings. The molecule has 5 heteroatoms. The van der Waals surface area contributed by atoms with Crippen molar-refractivity contribution >= 4 is 11.6 Å². The highest BCUT2D eigenvalue weighted by atomic mass is 35.5. The molecule has 3 nitrogen and oxygen atoms in total. The Balaban J connectivity index is 2.42. The Labute approximate surface area is 104 Å². The molecule has 2 N–H and O–H groups in total. The maximum atomic E-state index is 13.1. The third-order valence-electron chi connectivity index (χ3n) is 2.75. The maximum absolute atomic E-state index is 13.1. The maximum Gasteiger partial charge on any atom is 0.141 e. The zero-order valence-corrected chi connectivity index (χ0v) is 10.2. The molecule has 0 fully saturated rings. The average Bonchev–Trinajstić information content (AvgIpc) is 2.71. The van der Waals surface area contributed by atoms with Crippen LogP contribution in [0, 0.1) is 5.82 Å². The van der Waals surface area contributed by atoms with Gasteiger partial charge in [-0.15, -0.1) is 0 Å². The van der Waals surface area contributed by atoms with E-state index in [0.29, 0.717) is 6.54 Å². The van der Waals surface area contributed by atoms with E-state index < -0.39 is 5.82 Å². The molecule has 0 amide bonds. The summed E-state index contributed by atoms with van der Waals surface area (Å²) in [5, 5.41) is 0.107. The molecule has 90 valence electrons. The molecule has 0 radical (unpaired) electrons. The molecule has 0 spiro atoms. The zero-order valence-electron chi connectivity index (χ0n) is 9.40. The molecule has 0 aliphatic carbocycles. The number of nitrogens with zero attached hydrogens (tertiary/aromatic N) is 2. The molecule has 1 heterocycles. The summed E-state index contributed by atoms with van der Waals surface area (Å²) < 4.78 is 15.0. The molecular formula is C12H13ClFN3. The molecule has 1 aromatic heterocycles. The fourth-order valence-electron chi connectivity index (χ4n) is 1.83. The fraction of sp³-hybridized carbons (Fsp3) is 0.250. The lowest BCUT2D eigenvalue weighted by Gasteiger charge is -2.15. The van der Waals surface area contributed by atoms with Gasteiger partial charge in [0.25, 0.3) is 0 Å². The predicted octanol–water partition coefficient (Wildman–Crippen LogP) is 2.30. The molecule has 1 unspecified atom stereocenters. The highest BCUT2D eigenvalue weighted by molar-refractivity contribution is 6.30. The van der Waals surface area contributed by atoms with Crippen molar-refractivity contribution < 1.29 is 4.39 Å². The van der Waals surface area contributed by atoms with Gasteiger partial charge in [-0.25, -0.2) is 9.37 Å². The van der Waals surface area contributed by atoms with Crippen LogP contribution >= 0.6 is 11.6 Å². The van der Waals surface area contributed by atoms with Gasteiger partial charge in [-0.3, -0.25) is 0 Å². The minimum atomic E-state index is -0.425. The van der Waals surface area contributed by atoms with Crippen LogP contribution in [0.15, 0.2) is 30.6 Å². The largest absolute Gasteiger partial charge is 0.337 e. The van der Waals surface area contributed by atoms with Gasteiger partial charge in [0, 0.05) is 26.0 Å². The number of hydrogen-bond acceptors (Lipinski definition) is 2. The van der Waals surface area contributed by atoms with Crippen LogP contribution in [0.3, 0.4) is 0 Å². The van der Waals surface area contributed by atoms with Crippen LogP contribution in [0.4, 0.5) is 4.39 Å². The summed E-state index contributed by atoms with van der Waals surface area (Å²) in [5.74, 6) is 0.342. The Kier molecular flexibility index (Phi) is 3.45. The van der Waals surface area contributed by atoms with E-state index in [4.69, 9.17) is 17.3 Å². The SMILES string of the molecule is Cn1ccnc1C(CN)c1ccc(F)c(Cl)c1. The number of nitrogens with two attached hydrogens (primary N) is 1. The summed E-state index contributed by atoms with van der Waals surface area (Å²) in [5.41, 5.74) is 6.63. The van der Waals surface area contributed by atoms with Gasteiger partial charge in [-0.1, -0.05) is 17.7 Å². The van der Waals surface area contributed by atoms with E-state index in [0.717, 1.165) is 11.4 Å². The van der Waals surface area contributed by atoms with Gasteiger partial charge < -0.3 is 10.3 Å². The minimum Gasteiger partial charge on any atom is -0.337 e. The minimum absolute atomic E-state index is 0.0758. The molecule has 1 aromatic carbocycles. The summed E-state index contributed by atoms with van der Waals surface area (Å²) in [6, 6.07) is 4.64. The first-order chi connectivity index (χ1) is 8.13. The normalized spacial score (nSPS) is 12.7. The van der Waals surface area contributed by atoms with Crippen molar-refractivity contribution in [1.82, 2.24) is 9.55 Å². The van der Waals surface area contributed by atoms with E-state index in [2.05, 4.69) is 4.98 Å². The molecule has 0 bridgehead atoms. The van der Waals surface area contributed by atoms with Crippen LogP contribution in [0.5, 0.6) is 0 Å². The second-order valence-corrected chi connectivity index (χ2v) is 4.27.